The fraction of sp³-hybridized carbons (Fsp3) is 0.120. The van der Waals surface area contributed by atoms with E-state index in [0.717, 1.165) is 23.3 Å². The zero-order valence-corrected chi connectivity index (χ0v) is 19.2. The number of aromatic nitrogens is 1. The van der Waals surface area contributed by atoms with Crippen LogP contribution in [0.4, 0.5) is 13.2 Å². The first kappa shape index (κ1) is 23.8. The number of hydrogen-bond acceptors (Lipinski definition) is 4. The largest absolute Gasteiger partial charge is 0.489 e. The molecule has 1 amide bonds. The molecular weight excluding hydrogens is 485 g/mol. The summed E-state index contributed by atoms with van der Waals surface area (Å²) in [6, 6.07) is 19.6. The molecule has 34 heavy (non-hydrogen) atoms. The average Bonchev–Trinajstić information content (AvgIpc) is 3.33. The van der Waals surface area contributed by atoms with Crippen LogP contribution in [0.3, 0.4) is 0 Å². The molecule has 4 nitrogen and oxygen atoms in total. The van der Waals surface area contributed by atoms with Crippen LogP contribution in [-0.2, 0) is 19.3 Å². The maximum absolute atomic E-state index is 12.8. The van der Waals surface area contributed by atoms with Crippen LogP contribution >= 0.6 is 22.9 Å². The molecule has 1 N–H and O–H groups in total. The van der Waals surface area contributed by atoms with E-state index in [4.69, 9.17) is 16.3 Å². The van der Waals surface area contributed by atoms with Crippen LogP contribution in [0.2, 0.25) is 5.02 Å². The van der Waals surface area contributed by atoms with E-state index >= 15 is 0 Å². The summed E-state index contributed by atoms with van der Waals surface area (Å²) in [6.07, 6.45) is -4.43. The molecule has 9 heteroatoms. The number of halogens is 4. The Hall–Kier alpha value is -3.36. The van der Waals surface area contributed by atoms with E-state index in [1.165, 1.54) is 23.5 Å². The molecule has 0 aliphatic carbocycles. The third-order valence-electron chi connectivity index (χ3n) is 4.86. The van der Waals surface area contributed by atoms with E-state index in [2.05, 4.69) is 10.3 Å². The number of hydrogen-bond donors (Lipinski definition) is 1. The van der Waals surface area contributed by atoms with Crippen molar-refractivity contribution >= 4 is 28.8 Å². The average molecular weight is 503 g/mol. The number of amides is 1. The third-order valence-corrected chi connectivity index (χ3v) is 6.01. The molecule has 0 saturated carbocycles. The van der Waals surface area contributed by atoms with Gasteiger partial charge in [-0.1, -0.05) is 35.9 Å². The highest BCUT2D eigenvalue weighted by Gasteiger charge is 2.30. The number of thiazole rings is 1. The number of nitrogens with zero attached hydrogens (tertiary/aromatic N) is 1. The summed E-state index contributed by atoms with van der Waals surface area (Å²) >= 11 is 7.19. The first-order chi connectivity index (χ1) is 16.3. The van der Waals surface area contributed by atoms with Crippen molar-refractivity contribution in [3.05, 3.63) is 106 Å². The van der Waals surface area contributed by atoms with Gasteiger partial charge in [-0.15, -0.1) is 11.3 Å². The summed E-state index contributed by atoms with van der Waals surface area (Å²) in [4.78, 5) is 16.8. The molecule has 0 fully saturated rings. The predicted molar refractivity (Wildman–Crippen MR) is 126 cm³/mol. The van der Waals surface area contributed by atoms with Crippen molar-refractivity contribution in [3.8, 4) is 16.3 Å². The van der Waals surface area contributed by atoms with Crippen molar-refractivity contribution in [1.82, 2.24) is 10.3 Å². The number of carbonyl (C=O) groups is 1. The van der Waals surface area contributed by atoms with Crippen LogP contribution < -0.4 is 10.1 Å². The van der Waals surface area contributed by atoms with Crippen LogP contribution in [0, 0.1) is 0 Å². The van der Waals surface area contributed by atoms with Crippen molar-refractivity contribution in [3.63, 3.8) is 0 Å². The van der Waals surface area contributed by atoms with E-state index in [-0.39, 0.29) is 12.2 Å². The predicted octanol–water partition coefficient (Wildman–Crippen LogP) is 6.99. The Bertz CT molecular complexity index is 1270. The van der Waals surface area contributed by atoms with Gasteiger partial charge in [0, 0.05) is 22.5 Å². The van der Waals surface area contributed by atoms with Crippen molar-refractivity contribution < 1.29 is 22.7 Å². The van der Waals surface area contributed by atoms with Crippen LogP contribution in [0.25, 0.3) is 10.6 Å². The van der Waals surface area contributed by atoms with Gasteiger partial charge in [-0.05, 0) is 59.7 Å². The Morgan fingerprint density at radius 3 is 2.44 bits per heavy atom. The second-order valence-electron chi connectivity index (χ2n) is 7.36. The van der Waals surface area contributed by atoms with Gasteiger partial charge in [0.15, 0.2) is 0 Å². The standard InChI is InChI=1S/C25H18ClF3N2O2S/c26-20-8-4-16(5-9-20)14-33-21-10-6-18(7-11-21)24-31-22(15-34-24)23(32)30-13-17-2-1-3-19(12-17)25(27,28)29/h1-12,15H,13-14H2,(H,30,32). The minimum atomic E-state index is -4.43. The number of nitrogens with one attached hydrogen (secondary N) is 1. The second kappa shape index (κ2) is 10.3. The highest BCUT2D eigenvalue weighted by molar-refractivity contribution is 7.13. The summed E-state index contributed by atoms with van der Waals surface area (Å²) in [6.45, 7) is 0.374. The molecule has 4 rings (SSSR count). The molecule has 1 heterocycles. The van der Waals surface area contributed by atoms with E-state index < -0.39 is 17.6 Å². The lowest BCUT2D eigenvalue weighted by atomic mass is 10.1. The van der Waals surface area contributed by atoms with Gasteiger partial charge in [0.25, 0.3) is 5.91 Å². The summed E-state index contributed by atoms with van der Waals surface area (Å²) in [5, 5.41) is 5.54. The minimum Gasteiger partial charge on any atom is -0.489 e. The van der Waals surface area contributed by atoms with Crippen molar-refractivity contribution in [2.75, 3.05) is 0 Å². The van der Waals surface area contributed by atoms with E-state index in [1.54, 1.807) is 17.5 Å². The quantitative estimate of drug-likeness (QED) is 0.296. The van der Waals surface area contributed by atoms with Crippen LogP contribution in [0.1, 0.15) is 27.2 Å². The van der Waals surface area contributed by atoms with Crippen LogP contribution in [0.15, 0.2) is 78.2 Å². The maximum Gasteiger partial charge on any atom is 0.416 e. The maximum atomic E-state index is 12.8. The molecule has 0 radical (unpaired) electrons. The van der Waals surface area contributed by atoms with Gasteiger partial charge in [0.2, 0.25) is 0 Å². The molecule has 0 aliphatic heterocycles. The lowest BCUT2D eigenvalue weighted by molar-refractivity contribution is -0.137. The highest BCUT2D eigenvalue weighted by atomic mass is 35.5. The molecule has 0 saturated heterocycles. The summed E-state index contributed by atoms with van der Waals surface area (Å²) in [5.41, 5.74) is 1.62. The SMILES string of the molecule is O=C(NCc1cccc(C(F)(F)F)c1)c1csc(-c2ccc(OCc3ccc(Cl)cc3)cc2)n1. The number of carbonyl (C=O) groups excluding carboxylic acids is 1. The molecule has 0 atom stereocenters. The smallest absolute Gasteiger partial charge is 0.416 e. The van der Waals surface area contributed by atoms with E-state index in [9.17, 15) is 18.0 Å². The molecule has 0 spiro atoms. The zero-order chi connectivity index (χ0) is 24.1. The normalized spacial score (nSPS) is 11.3. The molecule has 0 aliphatic rings. The number of alkyl halides is 3. The Morgan fingerprint density at radius 1 is 1.00 bits per heavy atom. The molecule has 3 aromatic carbocycles. The molecular formula is C25H18ClF3N2O2S. The van der Waals surface area contributed by atoms with Gasteiger partial charge in [0.05, 0.1) is 5.56 Å². The summed E-state index contributed by atoms with van der Waals surface area (Å²) < 4.78 is 44.3. The Morgan fingerprint density at radius 2 is 1.74 bits per heavy atom. The Labute approximate surface area is 203 Å². The minimum absolute atomic E-state index is 0.0325. The van der Waals surface area contributed by atoms with Gasteiger partial charge in [-0.3, -0.25) is 4.79 Å². The molecule has 4 aromatic rings. The molecule has 174 valence electrons. The number of ether oxygens (including phenoxy) is 1. The summed E-state index contributed by atoms with van der Waals surface area (Å²) in [7, 11) is 0. The second-order valence-corrected chi connectivity index (χ2v) is 8.65. The third kappa shape index (κ3) is 6.15. The van der Waals surface area contributed by atoms with Gasteiger partial charge >= 0.3 is 6.18 Å². The summed E-state index contributed by atoms with van der Waals surface area (Å²) in [5.74, 6) is 0.233. The van der Waals surface area contributed by atoms with Gasteiger partial charge in [0.1, 0.15) is 23.1 Å². The van der Waals surface area contributed by atoms with Crippen LogP contribution in [-0.4, -0.2) is 10.9 Å². The topological polar surface area (TPSA) is 51.2 Å². The molecule has 0 bridgehead atoms. The van der Waals surface area contributed by atoms with Crippen LogP contribution in [0.5, 0.6) is 5.75 Å². The Balaban J connectivity index is 1.34. The van der Waals surface area contributed by atoms with Crippen molar-refractivity contribution in [2.45, 2.75) is 19.3 Å². The fourth-order valence-corrected chi connectivity index (χ4v) is 4.01. The molecule has 0 unspecified atom stereocenters. The zero-order valence-electron chi connectivity index (χ0n) is 17.6. The monoisotopic (exact) mass is 502 g/mol. The lowest BCUT2D eigenvalue weighted by Gasteiger charge is -2.09. The van der Waals surface area contributed by atoms with Gasteiger partial charge in [-0.2, -0.15) is 13.2 Å². The molecule has 1 aromatic heterocycles. The van der Waals surface area contributed by atoms with Gasteiger partial charge < -0.3 is 10.1 Å². The Kier molecular flexibility index (Phi) is 7.19. The lowest BCUT2D eigenvalue weighted by Crippen LogP contribution is -2.23. The van der Waals surface area contributed by atoms with E-state index in [0.29, 0.717) is 28.0 Å². The fourth-order valence-electron chi connectivity index (χ4n) is 3.08. The first-order valence-corrected chi connectivity index (χ1v) is 11.4. The highest BCUT2D eigenvalue weighted by Crippen LogP contribution is 2.30. The number of rotatable bonds is 7. The first-order valence-electron chi connectivity index (χ1n) is 10.2. The number of benzene rings is 3. The van der Waals surface area contributed by atoms with E-state index in [1.807, 2.05) is 36.4 Å². The van der Waals surface area contributed by atoms with Crippen molar-refractivity contribution in [1.29, 1.82) is 0 Å². The van der Waals surface area contributed by atoms with Crippen molar-refractivity contribution in [2.24, 2.45) is 0 Å². The van der Waals surface area contributed by atoms with Gasteiger partial charge in [-0.25, -0.2) is 4.98 Å².